The van der Waals surface area contributed by atoms with E-state index >= 15 is 0 Å². The van der Waals surface area contributed by atoms with Crippen LogP contribution in [-0.4, -0.2) is 21.3 Å². The Morgan fingerprint density at radius 2 is 2.00 bits per heavy atom. The van der Waals surface area contributed by atoms with Crippen LogP contribution in [0.1, 0.15) is 51.6 Å². The lowest BCUT2D eigenvalue weighted by molar-refractivity contribution is -0.0884. The molecule has 1 aliphatic rings. The summed E-state index contributed by atoms with van der Waals surface area (Å²) >= 11 is 0. The molecule has 1 aliphatic heterocycles. The highest BCUT2D eigenvalue weighted by Gasteiger charge is 2.49. The summed E-state index contributed by atoms with van der Waals surface area (Å²) in [6.45, 7) is 10.2. The van der Waals surface area contributed by atoms with Gasteiger partial charge in [0, 0.05) is 11.6 Å². The monoisotopic (exact) mass is 249 g/mol. The Bertz CT molecular complexity index is 440. The molecule has 1 saturated heterocycles. The van der Waals surface area contributed by atoms with Crippen LogP contribution in [0.5, 0.6) is 0 Å². The van der Waals surface area contributed by atoms with E-state index in [0.717, 1.165) is 17.8 Å². The van der Waals surface area contributed by atoms with E-state index in [-0.39, 0.29) is 17.1 Å². The van der Waals surface area contributed by atoms with Gasteiger partial charge >= 0.3 is 0 Å². The number of pyridine rings is 1. The summed E-state index contributed by atoms with van der Waals surface area (Å²) < 4.78 is 6.03. The van der Waals surface area contributed by atoms with Gasteiger partial charge in [0.25, 0.3) is 0 Å². The van der Waals surface area contributed by atoms with E-state index in [9.17, 15) is 5.11 Å². The SMILES string of the molecule is Cc1cccc(C(O)C2CC(C)(C)OC2(C)C)n1. The predicted octanol–water partition coefficient (Wildman–Crippen LogP) is 3.02. The van der Waals surface area contributed by atoms with Gasteiger partial charge in [-0.1, -0.05) is 6.07 Å². The van der Waals surface area contributed by atoms with E-state index in [0.29, 0.717) is 0 Å². The number of ether oxygens (including phenoxy) is 1. The fourth-order valence-electron chi connectivity index (χ4n) is 3.03. The van der Waals surface area contributed by atoms with Gasteiger partial charge in [-0.05, 0) is 53.2 Å². The van der Waals surface area contributed by atoms with Crippen LogP contribution in [0.15, 0.2) is 18.2 Å². The highest BCUT2D eigenvalue weighted by Crippen LogP contribution is 2.47. The van der Waals surface area contributed by atoms with E-state index < -0.39 is 6.10 Å². The van der Waals surface area contributed by atoms with Crippen molar-refractivity contribution < 1.29 is 9.84 Å². The van der Waals surface area contributed by atoms with Crippen LogP contribution in [0.3, 0.4) is 0 Å². The summed E-state index contributed by atoms with van der Waals surface area (Å²) in [5, 5.41) is 10.6. The average Bonchev–Trinajstić information content (AvgIpc) is 2.45. The molecular formula is C15H23NO2. The highest BCUT2D eigenvalue weighted by molar-refractivity contribution is 5.15. The first-order chi connectivity index (χ1) is 8.21. The fourth-order valence-corrected chi connectivity index (χ4v) is 3.03. The molecule has 0 aliphatic carbocycles. The average molecular weight is 249 g/mol. The van der Waals surface area contributed by atoms with Crippen molar-refractivity contribution >= 4 is 0 Å². The van der Waals surface area contributed by atoms with Gasteiger partial charge in [0.1, 0.15) is 6.10 Å². The fraction of sp³-hybridized carbons (Fsp3) is 0.667. The summed E-state index contributed by atoms with van der Waals surface area (Å²) in [4.78, 5) is 4.43. The van der Waals surface area contributed by atoms with E-state index in [2.05, 4.69) is 18.8 Å². The Morgan fingerprint density at radius 1 is 1.33 bits per heavy atom. The zero-order chi connectivity index (χ0) is 13.6. The normalized spacial score (nSPS) is 27.1. The van der Waals surface area contributed by atoms with E-state index in [1.165, 1.54) is 0 Å². The predicted molar refractivity (Wildman–Crippen MR) is 71.3 cm³/mol. The Labute approximate surface area is 109 Å². The molecule has 0 saturated carbocycles. The van der Waals surface area contributed by atoms with Crippen LogP contribution < -0.4 is 0 Å². The van der Waals surface area contributed by atoms with Crippen molar-refractivity contribution in [2.24, 2.45) is 5.92 Å². The van der Waals surface area contributed by atoms with Crippen LogP contribution in [0.2, 0.25) is 0 Å². The topological polar surface area (TPSA) is 42.4 Å². The molecule has 2 unspecified atom stereocenters. The molecule has 2 heterocycles. The Balaban J connectivity index is 2.26. The first kappa shape index (κ1) is 13.5. The number of aryl methyl sites for hydroxylation is 1. The number of hydrogen-bond donors (Lipinski definition) is 1. The standard InChI is InChI=1S/C15H23NO2/c1-10-7-6-8-12(16-10)13(17)11-9-14(2,3)18-15(11,4)5/h6-8,11,13,17H,9H2,1-5H3. The molecule has 0 bridgehead atoms. The number of aliphatic hydroxyl groups is 1. The number of aliphatic hydroxyl groups excluding tert-OH is 1. The summed E-state index contributed by atoms with van der Waals surface area (Å²) in [6, 6.07) is 5.77. The molecule has 2 rings (SSSR count). The maximum Gasteiger partial charge on any atom is 0.102 e. The number of rotatable bonds is 2. The van der Waals surface area contributed by atoms with Gasteiger partial charge < -0.3 is 9.84 Å². The van der Waals surface area contributed by atoms with E-state index in [1.807, 2.05) is 39.0 Å². The molecule has 0 aromatic carbocycles. The molecule has 0 radical (unpaired) electrons. The van der Waals surface area contributed by atoms with Crippen LogP contribution in [0, 0.1) is 12.8 Å². The Kier molecular flexibility index (Phi) is 3.24. The van der Waals surface area contributed by atoms with Crippen molar-refractivity contribution in [3.05, 3.63) is 29.6 Å². The van der Waals surface area contributed by atoms with E-state index in [1.54, 1.807) is 0 Å². The largest absolute Gasteiger partial charge is 0.386 e. The molecule has 1 aromatic rings. The molecule has 3 heteroatoms. The van der Waals surface area contributed by atoms with Gasteiger partial charge in [-0.15, -0.1) is 0 Å². The zero-order valence-electron chi connectivity index (χ0n) is 11.9. The maximum atomic E-state index is 10.6. The quantitative estimate of drug-likeness (QED) is 0.876. The molecular weight excluding hydrogens is 226 g/mol. The molecule has 2 atom stereocenters. The van der Waals surface area contributed by atoms with Crippen LogP contribution in [-0.2, 0) is 4.74 Å². The highest BCUT2D eigenvalue weighted by atomic mass is 16.5. The number of nitrogens with zero attached hydrogens (tertiary/aromatic N) is 1. The lowest BCUT2D eigenvalue weighted by Gasteiger charge is -2.30. The minimum Gasteiger partial charge on any atom is -0.386 e. The van der Waals surface area contributed by atoms with Crippen molar-refractivity contribution in [3.63, 3.8) is 0 Å². The second-order valence-corrected chi connectivity index (χ2v) is 6.42. The van der Waals surface area contributed by atoms with Gasteiger partial charge in [0.05, 0.1) is 16.9 Å². The number of hydrogen-bond acceptors (Lipinski definition) is 3. The number of aromatic nitrogens is 1. The minimum absolute atomic E-state index is 0.0711. The smallest absolute Gasteiger partial charge is 0.102 e. The minimum atomic E-state index is -0.568. The van der Waals surface area contributed by atoms with Crippen molar-refractivity contribution in [2.75, 3.05) is 0 Å². The van der Waals surface area contributed by atoms with Crippen molar-refractivity contribution in [3.8, 4) is 0 Å². The van der Waals surface area contributed by atoms with Gasteiger partial charge in [0.2, 0.25) is 0 Å². The summed E-state index contributed by atoms with van der Waals surface area (Å²) in [5.41, 5.74) is 1.17. The first-order valence-electron chi connectivity index (χ1n) is 6.53. The van der Waals surface area contributed by atoms with Crippen molar-refractivity contribution in [2.45, 2.75) is 58.3 Å². The van der Waals surface area contributed by atoms with Crippen LogP contribution in [0.25, 0.3) is 0 Å². The van der Waals surface area contributed by atoms with Crippen LogP contribution in [0.4, 0.5) is 0 Å². The molecule has 1 N–H and O–H groups in total. The van der Waals surface area contributed by atoms with Crippen LogP contribution >= 0.6 is 0 Å². The third-order valence-electron chi connectivity index (χ3n) is 3.74. The van der Waals surface area contributed by atoms with Gasteiger partial charge in [0.15, 0.2) is 0 Å². The molecule has 0 amide bonds. The van der Waals surface area contributed by atoms with Gasteiger partial charge in [-0.2, -0.15) is 0 Å². The molecule has 3 nitrogen and oxygen atoms in total. The zero-order valence-corrected chi connectivity index (χ0v) is 11.9. The lowest BCUT2D eigenvalue weighted by atomic mass is 9.82. The summed E-state index contributed by atoms with van der Waals surface area (Å²) in [5.74, 6) is 0.0711. The third kappa shape index (κ3) is 2.57. The molecule has 1 fully saturated rings. The molecule has 18 heavy (non-hydrogen) atoms. The lowest BCUT2D eigenvalue weighted by Crippen LogP contribution is -2.33. The molecule has 1 aromatic heterocycles. The molecule has 100 valence electrons. The maximum absolute atomic E-state index is 10.6. The second-order valence-electron chi connectivity index (χ2n) is 6.42. The van der Waals surface area contributed by atoms with Gasteiger partial charge in [-0.3, -0.25) is 4.98 Å². The third-order valence-corrected chi connectivity index (χ3v) is 3.74. The molecule has 0 spiro atoms. The van der Waals surface area contributed by atoms with Crippen molar-refractivity contribution in [1.82, 2.24) is 4.98 Å². The van der Waals surface area contributed by atoms with Gasteiger partial charge in [-0.25, -0.2) is 0 Å². The first-order valence-corrected chi connectivity index (χ1v) is 6.53. The summed E-state index contributed by atoms with van der Waals surface area (Å²) in [7, 11) is 0. The Hall–Kier alpha value is -0.930. The Morgan fingerprint density at radius 3 is 2.50 bits per heavy atom. The second kappa shape index (κ2) is 4.32. The van der Waals surface area contributed by atoms with Crippen molar-refractivity contribution in [1.29, 1.82) is 0 Å². The van der Waals surface area contributed by atoms with E-state index in [4.69, 9.17) is 4.74 Å². The summed E-state index contributed by atoms with van der Waals surface area (Å²) in [6.07, 6.45) is 0.276.